The number of carbonyl (C=O) groups is 1. The number of amidine groups is 1. The number of carbonyl (C=O) groups excluding carboxylic acids is 1. The zero-order valence-corrected chi connectivity index (χ0v) is 22.5. The van der Waals surface area contributed by atoms with Crippen LogP contribution in [0.25, 0.3) is 5.76 Å². The molecule has 1 heterocycles. The van der Waals surface area contributed by atoms with Crippen LogP contribution in [-0.4, -0.2) is 38.5 Å². The normalized spacial score (nSPS) is 23.6. The first kappa shape index (κ1) is 26.1. The fourth-order valence-electron chi connectivity index (χ4n) is 4.59. The monoisotopic (exact) mass is 531 g/mol. The highest BCUT2D eigenvalue weighted by molar-refractivity contribution is 7.92. The SMILES string of the molecule is COP1(=O)N=C(C2=C(O)c3ccccc3C(C)(CCC(C)C)C2=O)Nc2ccc(NS(C)(=O)=O)cc21. The molecule has 0 saturated heterocycles. The number of benzene rings is 2. The molecule has 0 aromatic heterocycles. The molecule has 1 aliphatic heterocycles. The van der Waals surface area contributed by atoms with Gasteiger partial charge in [-0.05, 0) is 49.4 Å². The van der Waals surface area contributed by atoms with Crippen LogP contribution in [-0.2, 0) is 29.3 Å². The van der Waals surface area contributed by atoms with Crippen LogP contribution in [0.2, 0.25) is 0 Å². The summed E-state index contributed by atoms with van der Waals surface area (Å²) in [6.07, 6.45) is 2.36. The number of hydrogen-bond donors (Lipinski definition) is 3. The van der Waals surface area contributed by atoms with E-state index in [2.05, 4.69) is 28.6 Å². The van der Waals surface area contributed by atoms with E-state index < -0.39 is 23.0 Å². The fraction of sp³-hybridized carbons (Fsp3) is 0.360. The lowest BCUT2D eigenvalue weighted by atomic mass is 9.66. The maximum Gasteiger partial charge on any atom is 0.348 e. The van der Waals surface area contributed by atoms with Gasteiger partial charge in [-0.15, -0.1) is 0 Å². The molecule has 192 valence electrons. The van der Waals surface area contributed by atoms with Gasteiger partial charge in [0.15, 0.2) is 5.78 Å². The Hall–Kier alpha value is -2.94. The van der Waals surface area contributed by atoms with Gasteiger partial charge in [0.25, 0.3) is 0 Å². The first-order valence-electron chi connectivity index (χ1n) is 11.5. The molecule has 3 N–H and O–H groups in total. The minimum Gasteiger partial charge on any atom is -0.506 e. The Morgan fingerprint density at radius 2 is 1.92 bits per heavy atom. The van der Waals surface area contributed by atoms with E-state index in [-0.39, 0.29) is 33.9 Å². The van der Waals surface area contributed by atoms with Gasteiger partial charge in [-0.1, -0.05) is 38.1 Å². The summed E-state index contributed by atoms with van der Waals surface area (Å²) in [6.45, 7) is 6.03. The molecule has 0 spiro atoms. The van der Waals surface area contributed by atoms with E-state index in [0.29, 0.717) is 23.6 Å². The Morgan fingerprint density at radius 1 is 1.22 bits per heavy atom. The van der Waals surface area contributed by atoms with Crippen LogP contribution >= 0.6 is 7.52 Å². The predicted octanol–water partition coefficient (Wildman–Crippen LogP) is 4.59. The second kappa shape index (κ2) is 9.18. The van der Waals surface area contributed by atoms with E-state index in [1.807, 2.05) is 19.1 Å². The molecule has 11 heteroatoms. The average molecular weight is 532 g/mol. The maximum absolute atomic E-state index is 14.0. The maximum atomic E-state index is 14.0. The molecular weight excluding hydrogens is 501 g/mol. The van der Waals surface area contributed by atoms with E-state index in [1.54, 1.807) is 12.1 Å². The highest BCUT2D eigenvalue weighted by Crippen LogP contribution is 2.53. The third kappa shape index (κ3) is 4.61. The van der Waals surface area contributed by atoms with Gasteiger partial charge in [-0.3, -0.25) is 14.1 Å². The number of ketones is 1. The number of rotatable bonds is 7. The number of aliphatic hydroxyl groups excluding tert-OH is 1. The van der Waals surface area contributed by atoms with Crippen LogP contribution in [0, 0.1) is 5.92 Å². The zero-order valence-electron chi connectivity index (χ0n) is 20.8. The molecular formula is C25H30N3O6PS. The third-order valence-electron chi connectivity index (χ3n) is 6.54. The molecule has 0 amide bonds. The molecule has 0 radical (unpaired) electrons. The molecule has 1 aliphatic carbocycles. The molecule has 36 heavy (non-hydrogen) atoms. The van der Waals surface area contributed by atoms with Crippen LogP contribution in [0.5, 0.6) is 0 Å². The van der Waals surface area contributed by atoms with Gasteiger partial charge in [-0.25, -0.2) is 8.42 Å². The van der Waals surface area contributed by atoms with Gasteiger partial charge in [0.2, 0.25) is 10.0 Å². The number of aliphatic hydroxyl groups is 1. The van der Waals surface area contributed by atoms with E-state index >= 15 is 0 Å². The van der Waals surface area contributed by atoms with Crippen LogP contribution in [0.4, 0.5) is 11.4 Å². The second-order valence-electron chi connectivity index (χ2n) is 9.75. The number of hydrogen-bond acceptors (Lipinski definition) is 7. The van der Waals surface area contributed by atoms with E-state index in [9.17, 15) is 22.9 Å². The first-order chi connectivity index (χ1) is 16.8. The summed E-state index contributed by atoms with van der Waals surface area (Å²) in [6, 6.07) is 11.6. The lowest BCUT2D eigenvalue weighted by Crippen LogP contribution is -2.42. The quantitative estimate of drug-likeness (QED) is 0.445. The number of nitrogens with zero attached hydrogens (tertiary/aromatic N) is 1. The Kier molecular flexibility index (Phi) is 6.66. The van der Waals surface area contributed by atoms with Crippen molar-refractivity contribution in [3.63, 3.8) is 0 Å². The number of fused-ring (bicyclic) bond motifs is 2. The topological polar surface area (TPSA) is 134 Å². The summed E-state index contributed by atoms with van der Waals surface area (Å²) >= 11 is 0. The highest BCUT2D eigenvalue weighted by Gasteiger charge is 2.47. The van der Waals surface area contributed by atoms with Gasteiger partial charge >= 0.3 is 7.52 Å². The predicted molar refractivity (Wildman–Crippen MR) is 143 cm³/mol. The fourth-order valence-corrected chi connectivity index (χ4v) is 6.69. The van der Waals surface area contributed by atoms with Crippen molar-refractivity contribution in [2.75, 3.05) is 23.4 Å². The van der Waals surface area contributed by atoms with Gasteiger partial charge in [0.05, 0.1) is 22.7 Å². The molecule has 2 unspecified atom stereocenters. The van der Waals surface area contributed by atoms with Gasteiger partial charge in [0.1, 0.15) is 17.2 Å². The van der Waals surface area contributed by atoms with Crippen molar-refractivity contribution in [2.45, 2.75) is 39.0 Å². The summed E-state index contributed by atoms with van der Waals surface area (Å²) in [5.74, 6) is -0.258. The minimum absolute atomic E-state index is 0.0516. The van der Waals surface area contributed by atoms with Crippen molar-refractivity contribution in [3.8, 4) is 0 Å². The summed E-state index contributed by atoms with van der Waals surface area (Å²) in [7, 11) is -6.25. The third-order valence-corrected chi connectivity index (χ3v) is 9.08. The summed E-state index contributed by atoms with van der Waals surface area (Å²) < 4.78 is 49.1. The minimum atomic E-state index is -3.92. The highest BCUT2D eigenvalue weighted by atomic mass is 32.2. The molecule has 2 aliphatic rings. The molecule has 0 fully saturated rings. The number of Topliss-reactive ketones (excluding diaryl/α,β-unsaturated/α-hetero) is 1. The van der Waals surface area contributed by atoms with Crippen LogP contribution < -0.4 is 15.3 Å². The summed E-state index contributed by atoms with van der Waals surface area (Å²) in [5, 5.41) is 14.4. The van der Waals surface area contributed by atoms with E-state index in [0.717, 1.165) is 18.2 Å². The van der Waals surface area contributed by atoms with Crippen LogP contribution in [0.15, 0.2) is 52.8 Å². The van der Waals surface area contributed by atoms with Gasteiger partial charge in [-0.2, -0.15) is 4.76 Å². The van der Waals surface area contributed by atoms with Crippen molar-refractivity contribution in [1.82, 2.24) is 0 Å². The largest absolute Gasteiger partial charge is 0.506 e. The average Bonchev–Trinajstić information content (AvgIpc) is 2.81. The van der Waals surface area contributed by atoms with Gasteiger partial charge in [0, 0.05) is 18.4 Å². The molecule has 2 aromatic rings. The molecule has 2 atom stereocenters. The zero-order chi connectivity index (χ0) is 26.5. The molecule has 9 nitrogen and oxygen atoms in total. The molecule has 0 saturated carbocycles. The first-order valence-corrected chi connectivity index (χ1v) is 15.0. The second-order valence-corrected chi connectivity index (χ2v) is 13.6. The summed E-state index contributed by atoms with van der Waals surface area (Å²) in [4.78, 5) is 14.0. The van der Waals surface area contributed by atoms with E-state index in [4.69, 9.17) is 4.52 Å². The van der Waals surface area contributed by atoms with Crippen molar-refractivity contribution in [2.24, 2.45) is 10.7 Å². The lowest BCUT2D eigenvalue weighted by Gasteiger charge is -2.37. The molecule has 2 aromatic carbocycles. The standard InChI is InChI=1S/C25H30N3O6PS/c1-15(2)12-13-25(3)18-9-7-6-8-17(18)22(29)21(23(25)30)24-26-19-11-10-16(28-36(5,32)33)14-20(19)35(31,27-24)34-4/h6-11,14-15,28-29H,12-13H2,1-5H3,(H,26,27,31). The van der Waals surface area contributed by atoms with E-state index in [1.165, 1.54) is 25.3 Å². The number of nitrogens with one attached hydrogen (secondary N) is 2. The van der Waals surface area contributed by atoms with Crippen molar-refractivity contribution in [1.29, 1.82) is 0 Å². The van der Waals surface area contributed by atoms with Gasteiger partial charge < -0.3 is 14.9 Å². The molecule has 4 rings (SSSR count). The Morgan fingerprint density at radius 3 is 2.56 bits per heavy atom. The lowest BCUT2D eigenvalue weighted by molar-refractivity contribution is -0.120. The van der Waals surface area contributed by atoms with Crippen LogP contribution in [0.3, 0.4) is 0 Å². The van der Waals surface area contributed by atoms with Crippen molar-refractivity contribution in [3.05, 3.63) is 59.2 Å². The Bertz CT molecular complexity index is 1460. The van der Waals surface area contributed by atoms with Crippen molar-refractivity contribution < 1.29 is 27.4 Å². The Balaban J connectivity index is 1.86. The number of sulfonamides is 1. The molecule has 0 bridgehead atoms. The number of anilines is 2. The smallest absolute Gasteiger partial charge is 0.348 e. The van der Waals surface area contributed by atoms with Crippen LogP contribution in [0.1, 0.15) is 44.7 Å². The van der Waals surface area contributed by atoms with Crippen molar-refractivity contribution >= 4 is 51.6 Å². The summed E-state index contributed by atoms with van der Waals surface area (Å²) in [5.41, 5.74) is 0.808. The Labute approximate surface area is 211 Å².